The highest BCUT2D eigenvalue weighted by Gasteiger charge is 2.24. The third-order valence-corrected chi connectivity index (χ3v) is 9.08. The van der Waals surface area contributed by atoms with Crippen molar-refractivity contribution in [2.75, 3.05) is 6.61 Å². The van der Waals surface area contributed by atoms with Crippen LogP contribution in [0.5, 0.6) is 0 Å². The Balaban J connectivity index is 4.52. The molecule has 0 aromatic rings. The summed E-state index contributed by atoms with van der Waals surface area (Å²) < 4.78 is 5.83. The normalized spacial score (nSPS) is 13.6. The van der Waals surface area contributed by atoms with Crippen LogP contribution in [0.3, 0.4) is 0 Å². The van der Waals surface area contributed by atoms with Crippen LogP contribution in [0.1, 0.15) is 207 Å². The van der Waals surface area contributed by atoms with Crippen molar-refractivity contribution in [3.63, 3.8) is 0 Å². The molecule has 0 aromatic heterocycles. The Bertz CT molecular complexity index is 697. The zero-order valence-corrected chi connectivity index (χ0v) is 30.7. The maximum absolute atomic E-state index is 13.0. The standard InChI is InChI=1S/C40H77NO5/c1-4-7-10-13-16-18-20-23-26-29-32-38(43)37(35-42)41-39(44)34-36(31-28-25-22-15-12-9-6-3)46-40(45)33-30-27-24-21-19-17-14-11-8-5-2/h11,14,36-38,42-43H,4-10,12-13,15-35H2,1-3H3,(H,41,44)/b14-11-. The topological polar surface area (TPSA) is 95.9 Å². The van der Waals surface area contributed by atoms with Gasteiger partial charge in [0, 0.05) is 6.42 Å². The number of aliphatic hydroxyl groups is 2. The van der Waals surface area contributed by atoms with E-state index >= 15 is 0 Å². The maximum Gasteiger partial charge on any atom is 0.306 e. The lowest BCUT2D eigenvalue weighted by atomic mass is 10.0. The molecule has 0 saturated carbocycles. The minimum Gasteiger partial charge on any atom is -0.462 e. The number of esters is 1. The van der Waals surface area contributed by atoms with Gasteiger partial charge in [-0.25, -0.2) is 0 Å². The maximum atomic E-state index is 13.0. The van der Waals surface area contributed by atoms with Crippen LogP contribution in [-0.4, -0.2) is 46.9 Å². The van der Waals surface area contributed by atoms with Crippen molar-refractivity contribution in [2.45, 2.75) is 225 Å². The number of aliphatic hydroxyl groups excluding tert-OH is 2. The van der Waals surface area contributed by atoms with Crippen LogP contribution in [-0.2, 0) is 14.3 Å². The second-order valence-electron chi connectivity index (χ2n) is 13.7. The van der Waals surface area contributed by atoms with E-state index < -0.39 is 18.2 Å². The molecule has 0 fully saturated rings. The molecule has 0 radical (unpaired) electrons. The van der Waals surface area contributed by atoms with E-state index in [4.69, 9.17) is 4.74 Å². The molecule has 1 amide bonds. The van der Waals surface area contributed by atoms with Crippen LogP contribution in [0, 0.1) is 0 Å². The van der Waals surface area contributed by atoms with Crippen LogP contribution in [0.4, 0.5) is 0 Å². The van der Waals surface area contributed by atoms with Gasteiger partial charge in [-0.2, -0.15) is 0 Å². The first-order valence-corrected chi connectivity index (χ1v) is 19.9. The van der Waals surface area contributed by atoms with Crippen molar-refractivity contribution in [3.05, 3.63) is 12.2 Å². The second kappa shape index (κ2) is 34.9. The van der Waals surface area contributed by atoms with Crippen LogP contribution in [0.15, 0.2) is 12.2 Å². The van der Waals surface area contributed by atoms with Crippen molar-refractivity contribution < 1.29 is 24.5 Å². The Hall–Kier alpha value is -1.40. The summed E-state index contributed by atoms with van der Waals surface area (Å²) in [4.78, 5) is 25.7. The number of carbonyl (C=O) groups is 2. The molecule has 6 heteroatoms. The average molecular weight is 652 g/mol. The van der Waals surface area contributed by atoms with Gasteiger partial charge >= 0.3 is 5.97 Å². The predicted molar refractivity (Wildman–Crippen MR) is 195 cm³/mol. The minimum atomic E-state index is -0.778. The fraction of sp³-hybridized carbons (Fsp3) is 0.900. The lowest BCUT2D eigenvalue weighted by Crippen LogP contribution is -2.46. The summed E-state index contributed by atoms with van der Waals surface area (Å²) in [6, 6.07) is -0.692. The molecule has 0 aliphatic rings. The Labute approximate surface area is 285 Å². The van der Waals surface area contributed by atoms with Gasteiger partial charge in [0.05, 0.1) is 25.2 Å². The largest absolute Gasteiger partial charge is 0.462 e. The van der Waals surface area contributed by atoms with Gasteiger partial charge in [0.1, 0.15) is 6.10 Å². The molecule has 0 aromatic carbocycles. The summed E-state index contributed by atoms with van der Waals surface area (Å²) >= 11 is 0. The molecule has 0 saturated heterocycles. The zero-order chi connectivity index (χ0) is 33.9. The second-order valence-corrected chi connectivity index (χ2v) is 13.7. The number of hydrogen-bond acceptors (Lipinski definition) is 5. The highest BCUT2D eigenvalue weighted by Crippen LogP contribution is 2.17. The number of unbranched alkanes of at least 4 members (excludes halogenated alkanes) is 21. The Morgan fingerprint density at radius 3 is 1.63 bits per heavy atom. The molecule has 3 N–H and O–H groups in total. The molecule has 272 valence electrons. The lowest BCUT2D eigenvalue weighted by Gasteiger charge is -2.24. The molecule has 0 heterocycles. The fourth-order valence-electron chi connectivity index (χ4n) is 6.02. The molecule has 6 nitrogen and oxygen atoms in total. The number of rotatable bonds is 35. The van der Waals surface area contributed by atoms with Gasteiger partial charge in [-0.15, -0.1) is 0 Å². The third-order valence-electron chi connectivity index (χ3n) is 9.08. The van der Waals surface area contributed by atoms with E-state index in [1.807, 2.05) is 0 Å². The molecule has 46 heavy (non-hydrogen) atoms. The SMILES string of the molecule is CCC/C=C\CCCCCCCC(=O)OC(CCCCCCCCC)CC(=O)NC(CO)C(O)CCCCCCCCCCCC. The summed E-state index contributed by atoms with van der Waals surface area (Å²) in [6.45, 7) is 6.35. The summed E-state index contributed by atoms with van der Waals surface area (Å²) in [7, 11) is 0. The first-order chi connectivity index (χ1) is 22.5. The molecule has 0 aliphatic heterocycles. The monoisotopic (exact) mass is 652 g/mol. The van der Waals surface area contributed by atoms with Crippen molar-refractivity contribution in [1.82, 2.24) is 5.32 Å². The average Bonchev–Trinajstić information content (AvgIpc) is 3.04. The highest BCUT2D eigenvalue weighted by molar-refractivity contribution is 5.77. The van der Waals surface area contributed by atoms with E-state index in [1.165, 1.54) is 103 Å². The molecular weight excluding hydrogens is 574 g/mol. The van der Waals surface area contributed by atoms with Crippen LogP contribution in [0.2, 0.25) is 0 Å². The van der Waals surface area contributed by atoms with Crippen molar-refractivity contribution >= 4 is 11.9 Å². The molecule has 0 spiro atoms. The van der Waals surface area contributed by atoms with Gasteiger partial charge in [-0.05, 0) is 44.9 Å². The predicted octanol–water partition coefficient (Wildman–Crippen LogP) is 10.7. The molecular formula is C40H77NO5. The summed E-state index contributed by atoms with van der Waals surface area (Å²) in [5.41, 5.74) is 0. The van der Waals surface area contributed by atoms with Crippen LogP contribution in [0.25, 0.3) is 0 Å². The zero-order valence-electron chi connectivity index (χ0n) is 30.7. The van der Waals surface area contributed by atoms with Crippen molar-refractivity contribution in [2.24, 2.45) is 0 Å². The Morgan fingerprint density at radius 1 is 0.609 bits per heavy atom. The number of nitrogens with one attached hydrogen (secondary N) is 1. The van der Waals surface area contributed by atoms with E-state index in [1.54, 1.807) is 0 Å². The van der Waals surface area contributed by atoms with E-state index in [2.05, 4.69) is 38.2 Å². The minimum absolute atomic E-state index is 0.0780. The first kappa shape index (κ1) is 44.6. The quantitative estimate of drug-likeness (QED) is 0.0360. The first-order valence-electron chi connectivity index (χ1n) is 19.9. The number of amides is 1. The van der Waals surface area contributed by atoms with Crippen molar-refractivity contribution in [3.8, 4) is 0 Å². The lowest BCUT2D eigenvalue weighted by molar-refractivity contribution is -0.151. The summed E-state index contributed by atoms with van der Waals surface area (Å²) in [5.74, 6) is -0.488. The van der Waals surface area contributed by atoms with Crippen LogP contribution < -0.4 is 5.32 Å². The van der Waals surface area contributed by atoms with Gasteiger partial charge in [-0.3, -0.25) is 9.59 Å². The molecule has 0 bridgehead atoms. The molecule has 0 aliphatic carbocycles. The Morgan fingerprint density at radius 2 is 1.09 bits per heavy atom. The molecule has 3 unspecified atom stereocenters. The highest BCUT2D eigenvalue weighted by atomic mass is 16.5. The smallest absolute Gasteiger partial charge is 0.306 e. The summed E-state index contributed by atoms with van der Waals surface area (Å²) in [5, 5.41) is 23.4. The van der Waals surface area contributed by atoms with E-state index in [9.17, 15) is 19.8 Å². The summed E-state index contributed by atoms with van der Waals surface area (Å²) in [6.07, 6.45) is 34.2. The van der Waals surface area contributed by atoms with Gasteiger partial charge in [-0.1, -0.05) is 161 Å². The van der Waals surface area contributed by atoms with Crippen LogP contribution >= 0.6 is 0 Å². The van der Waals surface area contributed by atoms with Gasteiger partial charge in [0.15, 0.2) is 0 Å². The van der Waals surface area contributed by atoms with Gasteiger partial charge in [0.25, 0.3) is 0 Å². The van der Waals surface area contributed by atoms with E-state index in [0.29, 0.717) is 19.3 Å². The molecule has 0 rings (SSSR count). The van der Waals surface area contributed by atoms with Gasteiger partial charge < -0.3 is 20.3 Å². The number of carbonyl (C=O) groups excluding carboxylic acids is 2. The molecule has 3 atom stereocenters. The van der Waals surface area contributed by atoms with Gasteiger partial charge in [0.2, 0.25) is 5.91 Å². The van der Waals surface area contributed by atoms with E-state index in [0.717, 1.165) is 57.8 Å². The third kappa shape index (κ3) is 30.0. The number of ether oxygens (including phenoxy) is 1. The van der Waals surface area contributed by atoms with Crippen molar-refractivity contribution in [1.29, 1.82) is 0 Å². The van der Waals surface area contributed by atoms with E-state index in [-0.39, 0.29) is 24.9 Å². The fourth-order valence-corrected chi connectivity index (χ4v) is 6.02. The number of hydrogen-bond donors (Lipinski definition) is 3. The Kier molecular flexibility index (Phi) is 33.9. The number of allylic oxidation sites excluding steroid dienone is 2.